The van der Waals surface area contributed by atoms with Crippen molar-refractivity contribution in [3.63, 3.8) is 0 Å². The largest absolute Gasteiger partial charge is 0.338 e. The lowest BCUT2D eigenvalue weighted by Crippen LogP contribution is -2.37. The van der Waals surface area contributed by atoms with Gasteiger partial charge in [-0.1, -0.05) is 28.9 Å². The molecule has 2 aromatic heterocycles. The highest BCUT2D eigenvalue weighted by Crippen LogP contribution is 2.24. The molecule has 0 radical (unpaired) electrons. The van der Waals surface area contributed by atoms with E-state index in [1.54, 1.807) is 34.0 Å². The van der Waals surface area contributed by atoms with E-state index in [-0.39, 0.29) is 30.5 Å². The number of nitrogens with zero attached hydrogens (tertiary/aromatic N) is 4. The van der Waals surface area contributed by atoms with Crippen LogP contribution in [0.4, 0.5) is 11.7 Å². The fraction of sp³-hybridized carbons (Fsp3) is 0.263. The van der Waals surface area contributed by atoms with Crippen molar-refractivity contribution in [3.8, 4) is 11.3 Å². The number of carbonyl (C=O) groups excluding carboxylic acids is 2. The van der Waals surface area contributed by atoms with Crippen molar-refractivity contribution in [1.82, 2.24) is 14.9 Å². The number of benzene rings is 1. The van der Waals surface area contributed by atoms with Crippen molar-refractivity contribution in [1.29, 1.82) is 0 Å². The molecule has 0 fully saturated rings. The van der Waals surface area contributed by atoms with Crippen molar-refractivity contribution in [2.45, 2.75) is 25.8 Å². The van der Waals surface area contributed by atoms with Crippen LogP contribution in [0.1, 0.15) is 19.3 Å². The van der Waals surface area contributed by atoms with E-state index >= 15 is 0 Å². The summed E-state index contributed by atoms with van der Waals surface area (Å²) in [5.41, 5.74) is 1.35. The Morgan fingerprint density at radius 2 is 2.07 bits per heavy atom. The maximum atomic E-state index is 12.5. The summed E-state index contributed by atoms with van der Waals surface area (Å²) in [4.78, 5) is 26.4. The summed E-state index contributed by atoms with van der Waals surface area (Å²) in [6, 6.07) is 10.6. The third-order valence-electron chi connectivity index (χ3n) is 4.48. The van der Waals surface area contributed by atoms with E-state index in [1.807, 2.05) is 18.2 Å². The number of anilines is 2. The molecule has 4 rings (SSSR count). The summed E-state index contributed by atoms with van der Waals surface area (Å²) in [7, 11) is 0. The maximum absolute atomic E-state index is 12.5. The molecule has 0 saturated carbocycles. The van der Waals surface area contributed by atoms with Gasteiger partial charge in [0.05, 0.1) is 6.20 Å². The van der Waals surface area contributed by atoms with Crippen LogP contribution in [0.2, 0.25) is 5.02 Å². The SMILES string of the molecule is O=C(CCC(=O)N1CCCn2nccc21)Nc1cc(-c2cccc(Cl)c2)no1. The second-order valence-electron chi connectivity index (χ2n) is 6.45. The highest BCUT2D eigenvalue weighted by atomic mass is 35.5. The minimum Gasteiger partial charge on any atom is -0.338 e. The van der Waals surface area contributed by atoms with Gasteiger partial charge in [-0.25, -0.2) is 4.68 Å². The Labute approximate surface area is 166 Å². The fourth-order valence-corrected chi connectivity index (χ4v) is 3.34. The van der Waals surface area contributed by atoms with Crippen molar-refractivity contribution in [3.05, 3.63) is 47.6 Å². The number of aromatic nitrogens is 3. The van der Waals surface area contributed by atoms with Gasteiger partial charge in [0, 0.05) is 48.6 Å². The van der Waals surface area contributed by atoms with Gasteiger partial charge < -0.3 is 4.52 Å². The fourth-order valence-electron chi connectivity index (χ4n) is 3.15. The monoisotopic (exact) mass is 399 g/mol. The van der Waals surface area contributed by atoms with Gasteiger partial charge in [-0.2, -0.15) is 5.10 Å². The van der Waals surface area contributed by atoms with Crippen LogP contribution in [0.25, 0.3) is 11.3 Å². The molecular formula is C19H18ClN5O3. The van der Waals surface area contributed by atoms with Crippen LogP contribution in [0.15, 0.2) is 47.1 Å². The number of aryl methyl sites for hydroxylation is 1. The number of carbonyl (C=O) groups is 2. The van der Waals surface area contributed by atoms with Gasteiger partial charge in [0.25, 0.3) is 0 Å². The molecule has 3 heterocycles. The van der Waals surface area contributed by atoms with Crippen LogP contribution < -0.4 is 10.2 Å². The minimum absolute atomic E-state index is 0.0523. The summed E-state index contributed by atoms with van der Waals surface area (Å²) >= 11 is 5.98. The average molecular weight is 400 g/mol. The van der Waals surface area contributed by atoms with Crippen molar-refractivity contribution >= 4 is 35.1 Å². The van der Waals surface area contributed by atoms with Gasteiger partial charge in [-0.05, 0) is 18.6 Å². The minimum atomic E-state index is -0.312. The zero-order valence-electron chi connectivity index (χ0n) is 15.0. The van der Waals surface area contributed by atoms with Gasteiger partial charge in [0.1, 0.15) is 11.5 Å². The zero-order chi connectivity index (χ0) is 19.5. The lowest BCUT2D eigenvalue weighted by Gasteiger charge is -2.27. The third kappa shape index (κ3) is 3.91. The Bertz CT molecular complexity index is 1010. The molecule has 2 amide bonds. The molecule has 9 heteroatoms. The molecule has 1 aliphatic rings. The smallest absolute Gasteiger partial charge is 0.231 e. The standard InChI is InChI=1S/C19H18ClN5O3/c20-14-4-1-3-13(11-14)15-12-17(28-23-15)22-16(26)5-6-19(27)24-9-2-10-25-18(24)7-8-21-25/h1,3-4,7-8,11-12H,2,5-6,9-10H2,(H,22,26). The van der Waals surface area contributed by atoms with Crippen LogP contribution in [0.5, 0.6) is 0 Å². The summed E-state index contributed by atoms with van der Waals surface area (Å²) in [6.07, 6.45) is 2.68. The van der Waals surface area contributed by atoms with Crippen LogP contribution in [0.3, 0.4) is 0 Å². The van der Waals surface area contributed by atoms with Crippen LogP contribution in [-0.2, 0) is 16.1 Å². The molecule has 28 heavy (non-hydrogen) atoms. The summed E-state index contributed by atoms with van der Waals surface area (Å²) in [6.45, 7) is 1.43. The van der Waals surface area contributed by atoms with Gasteiger partial charge in [-0.3, -0.25) is 19.8 Å². The number of amides is 2. The second-order valence-corrected chi connectivity index (χ2v) is 6.88. The molecule has 0 aliphatic carbocycles. The van der Waals surface area contributed by atoms with Gasteiger partial charge in [-0.15, -0.1) is 0 Å². The Kier molecular flexibility index (Phi) is 5.12. The predicted octanol–water partition coefficient (Wildman–Crippen LogP) is 3.35. The van der Waals surface area contributed by atoms with E-state index in [0.29, 0.717) is 17.3 Å². The van der Waals surface area contributed by atoms with E-state index in [4.69, 9.17) is 16.1 Å². The van der Waals surface area contributed by atoms with Crippen molar-refractivity contribution in [2.24, 2.45) is 0 Å². The third-order valence-corrected chi connectivity index (χ3v) is 4.72. The summed E-state index contributed by atoms with van der Waals surface area (Å²) in [5, 5.41) is 11.3. The molecule has 0 atom stereocenters. The zero-order valence-corrected chi connectivity index (χ0v) is 15.7. The number of nitrogens with one attached hydrogen (secondary N) is 1. The normalized spacial score (nSPS) is 13.2. The van der Waals surface area contributed by atoms with Crippen LogP contribution in [-0.4, -0.2) is 33.3 Å². The summed E-state index contributed by atoms with van der Waals surface area (Å²) in [5.74, 6) is 0.586. The molecule has 1 N–H and O–H groups in total. The lowest BCUT2D eigenvalue weighted by atomic mass is 10.1. The van der Waals surface area contributed by atoms with E-state index in [9.17, 15) is 9.59 Å². The Balaban J connectivity index is 1.33. The number of hydrogen-bond acceptors (Lipinski definition) is 5. The van der Waals surface area contributed by atoms with E-state index < -0.39 is 0 Å². The predicted molar refractivity (Wildman–Crippen MR) is 104 cm³/mol. The number of rotatable bonds is 5. The van der Waals surface area contributed by atoms with Crippen molar-refractivity contribution < 1.29 is 14.1 Å². The lowest BCUT2D eigenvalue weighted by molar-refractivity contribution is -0.122. The molecule has 3 aromatic rings. The quantitative estimate of drug-likeness (QED) is 0.710. The Morgan fingerprint density at radius 1 is 1.18 bits per heavy atom. The van der Waals surface area contributed by atoms with Gasteiger partial charge in [0.15, 0.2) is 0 Å². The highest BCUT2D eigenvalue weighted by Gasteiger charge is 2.23. The van der Waals surface area contributed by atoms with Crippen LogP contribution >= 0.6 is 11.6 Å². The Hall–Kier alpha value is -3.13. The number of halogens is 1. The molecular weight excluding hydrogens is 382 g/mol. The molecule has 0 spiro atoms. The molecule has 0 bridgehead atoms. The molecule has 0 unspecified atom stereocenters. The van der Waals surface area contributed by atoms with E-state index in [0.717, 1.165) is 24.3 Å². The molecule has 8 nitrogen and oxygen atoms in total. The topological polar surface area (TPSA) is 93.3 Å². The first-order valence-corrected chi connectivity index (χ1v) is 9.32. The van der Waals surface area contributed by atoms with E-state index in [1.165, 1.54) is 0 Å². The Morgan fingerprint density at radius 3 is 2.93 bits per heavy atom. The second kappa shape index (κ2) is 7.85. The first kappa shape index (κ1) is 18.2. The van der Waals surface area contributed by atoms with Crippen molar-refractivity contribution in [2.75, 3.05) is 16.8 Å². The van der Waals surface area contributed by atoms with Gasteiger partial charge >= 0.3 is 0 Å². The number of hydrogen-bond donors (Lipinski definition) is 1. The molecule has 0 saturated heterocycles. The van der Waals surface area contributed by atoms with Crippen LogP contribution in [0, 0.1) is 0 Å². The highest BCUT2D eigenvalue weighted by molar-refractivity contribution is 6.30. The van der Waals surface area contributed by atoms with E-state index in [2.05, 4.69) is 15.6 Å². The first-order valence-electron chi connectivity index (χ1n) is 8.95. The first-order chi connectivity index (χ1) is 13.6. The molecule has 1 aliphatic heterocycles. The summed E-state index contributed by atoms with van der Waals surface area (Å²) < 4.78 is 6.96. The van der Waals surface area contributed by atoms with Gasteiger partial charge in [0.2, 0.25) is 17.7 Å². The average Bonchev–Trinajstić information content (AvgIpc) is 3.35. The maximum Gasteiger partial charge on any atom is 0.231 e. The molecule has 1 aromatic carbocycles. The molecule has 144 valence electrons. The number of fused-ring (bicyclic) bond motifs is 1.